The van der Waals surface area contributed by atoms with Gasteiger partial charge in [0.25, 0.3) is 5.56 Å². The number of nitrogens with zero attached hydrogens (tertiary/aromatic N) is 3. The first-order valence-electron chi connectivity index (χ1n) is 14.9. The maximum atomic E-state index is 14.4. The van der Waals surface area contributed by atoms with E-state index in [2.05, 4.69) is 4.57 Å². The maximum absolute atomic E-state index is 14.4. The fourth-order valence-electron chi connectivity index (χ4n) is 5.90. The zero-order valence-corrected chi connectivity index (χ0v) is 28.1. The van der Waals surface area contributed by atoms with Gasteiger partial charge in [-0.25, -0.2) is 9.79 Å². The number of carbonyl (C=O) groups is 1. The summed E-state index contributed by atoms with van der Waals surface area (Å²) in [4.78, 5) is 33.5. The second-order valence-electron chi connectivity index (χ2n) is 11.0. The third kappa shape index (κ3) is 5.96. The molecule has 3 heterocycles. The zero-order chi connectivity index (χ0) is 32.7. The van der Waals surface area contributed by atoms with Gasteiger partial charge in [0, 0.05) is 39.8 Å². The predicted octanol–water partition coefficient (Wildman–Crippen LogP) is 7.90. The lowest BCUT2D eigenvalue weighted by atomic mass is 9.93. The van der Waals surface area contributed by atoms with Crippen LogP contribution in [0.1, 0.15) is 35.2 Å². The molecule has 0 amide bonds. The van der Waals surface area contributed by atoms with Gasteiger partial charge in [0.2, 0.25) is 0 Å². The quantitative estimate of drug-likeness (QED) is 0.159. The molecule has 6 nitrogen and oxygen atoms in total. The normalized spacial score (nSPS) is 14.7. The van der Waals surface area contributed by atoms with Crippen LogP contribution in [0.4, 0.5) is 0 Å². The molecule has 234 valence electrons. The number of para-hydroxylation sites is 1. The first-order valence-corrected chi connectivity index (χ1v) is 16.8. The Kier molecular flexibility index (Phi) is 8.64. The van der Waals surface area contributed by atoms with Gasteiger partial charge in [-0.05, 0) is 54.5 Å². The predicted molar refractivity (Wildman–Crippen MR) is 190 cm³/mol. The summed E-state index contributed by atoms with van der Waals surface area (Å²) in [5.74, 6) is -0.533. The number of aromatic nitrogens is 2. The second kappa shape index (κ2) is 13.0. The number of esters is 1. The van der Waals surface area contributed by atoms with Crippen molar-refractivity contribution in [3.8, 4) is 0 Å². The molecule has 1 unspecified atom stereocenters. The molecule has 7 rings (SSSR count). The molecular weight excluding hydrogens is 673 g/mol. The molecule has 1 atom stereocenters. The Morgan fingerprint density at radius 1 is 0.936 bits per heavy atom. The minimum atomic E-state index is -0.782. The summed E-state index contributed by atoms with van der Waals surface area (Å²) in [7, 11) is 0. The summed E-state index contributed by atoms with van der Waals surface area (Å²) in [6, 6.07) is 29.5. The SMILES string of the molecule is CCOC(=O)C1=C(c2ccccc2)N=c2s/c(=C/c3cn(Cc4ccc(Cl)c(Cl)c4)c4ccccc34)c(=O)n2C1c1ccc(Cl)cc1. The number of hydrogen-bond donors (Lipinski definition) is 0. The lowest BCUT2D eigenvalue weighted by molar-refractivity contribution is -0.138. The van der Waals surface area contributed by atoms with Crippen molar-refractivity contribution < 1.29 is 9.53 Å². The molecular formula is C37H26Cl3N3O3S. The van der Waals surface area contributed by atoms with Crippen LogP contribution < -0.4 is 14.9 Å². The van der Waals surface area contributed by atoms with Crippen LogP contribution >= 0.6 is 46.1 Å². The van der Waals surface area contributed by atoms with Crippen LogP contribution in [0, 0.1) is 0 Å². The van der Waals surface area contributed by atoms with Crippen molar-refractivity contribution in [1.82, 2.24) is 9.13 Å². The maximum Gasteiger partial charge on any atom is 0.338 e. The van der Waals surface area contributed by atoms with Gasteiger partial charge in [-0.3, -0.25) is 9.36 Å². The van der Waals surface area contributed by atoms with Crippen LogP contribution in [-0.4, -0.2) is 21.7 Å². The average Bonchev–Trinajstić information content (AvgIpc) is 3.59. The van der Waals surface area contributed by atoms with Crippen molar-refractivity contribution >= 4 is 74.8 Å². The fraction of sp³-hybridized carbons (Fsp3) is 0.108. The van der Waals surface area contributed by atoms with Gasteiger partial charge in [0.05, 0.1) is 38.5 Å². The number of rotatable bonds is 7. The zero-order valence-electron chi connectivity index (χ0n) is 25.0. The summed E-state index contributed by atoms with van der Waals surface area (Å²) in [6.45, 7) is 2.49. The van der Waals surface area contributed by atoms with Gasteiger partial charge >= 0.3 is 5.97 Å². The highest BCUT2D eigenvalue weighted by molar-refractivity contribution is 7.07. The Labute approximate surface area is 289 Å². The number of thiazole rings is 1. The molecule has 0 radical (unpaired) electrons. The van der Waals surface area contributed by atoms with Crippen molar-refractivity contribution in [2.24, 2.45) is 4.99 Å². The van der Waals surface area contributed by atoms with E-state index in [-0.39, 0.29) is 17.7 Å². The Morgan fingerprint density at radius 3 is 2.43 bits per heavy atom. The van der Waals surface area contributed by atoms with E-state index in [1.54, 1.807) is 29.7 Å². The van der Waals surface area contributed by atoms with Crippen LogP contribution in [0.5, 0.6) is 0 Å². The molecule has 0 saturated heterocycles. The van der Waals surface area contributed by atoms with E-state index in [1.807, 2.05) is 91.1 Å². The van der Waals surface area contributed by atoms with E-state index in [0.29, 0.717) is 42.2 Å². The van der Waals surface area contributed by atoms with E-state index < -0.39 is 12.0 Å². The topological polar surface area (TPSA) is 65.6 Å². The molecule has 2 aromatic heterocycles. The van der Waals surface area contributed by atoms with Crippen LogP contribution in [0.25, 0.3) is 22.7 Å². The molecule has 1 aliphatic heterocycles. The van der Waals surface area contributed by atoms with Gasteiger partial charge in [-0.1, -0.05) is 113 Å². The van der Waals surface area contributed by atoms with Crippen molar-refractivity contribution in [2.45, 2.75) is 19.5 Å². The van der Waals surface area contributed by atoms with E-state index >= 15 is 0 Å². The lowest BCUT2D eigenvalue weighted by Gasteiger charge is -2.25. The monoisotopic (exact) mass is 697 g/mol. The molecule has 4 aromatic carbocycles. The summed E-state index contributed by atoms with van der Waals surface area (Å²) >= 11 is 20.0. The standard InChI is InChI=1S/C37H26Cl3N3O3S/c1-2-46-36(45)32-33(23-8-4-3-5-9-23)41-37-43(34(32)24-13-15-26(38)16-14-24)35(44)31(47-37)19-25-21-42(30-11-7-6-10-27(25)30)20-22-12-17-28(39)29(40)18-22/h3-19,21,34H,2,20H2,1H3/b31-19+. The molecule has 0 N–H and O–H groups in total. The number of carbonyl (C=O) groups excluding carboxylic acids is 1. The Morgan fingerprint density at radius 2 is 1.68 bits per heavy atom. The van der Waals surface area contributed by atoms with Gasteiger partial charge in [-0.15, -0.1) is 0 Å². The van der Waals surface area contributed by atoms with Crippen molar-refractivity contribution in [3.05, 3.63) is 166 Å². The number of benzene rings is 4. The molecule has 6 aromatic rings. The Bertz CT molecular complexity index is 2380. The Balaban J connectivity index is 1.44. The van der Waals surface area contributed by atoms with Crippen LogP contribution in [0.15, 0.2) is 119 Å². The van der Waals surface area contributed by atoms with Crippen LogP contribution in [-0.2, 0) is 16.1 Å². The van der Waals surface area contributed by atoms with Crippen LogP contribution in [0.2, 0.25) is 15.1 Å². The smallest absolute Gasteiger partial charge is 0.338 e. The Hall–Kier alpha value is -4.40. The number of fused-ring (bicyclic) bond motifs is 2. The third-order valence-electron chi connectivity index (χ3n) is 8.00. The fourth-order valence-corrected chi connectivity index (χ4v) is 7.34. The minimum absolute atomic E-state index is 0.175. The van der Waals surface area contributed by atoms with Crippen LogP contribution in [0.3, 0.4) is 0 Å². The molecule has 0 bridgehead atoms. The summed E-state index contributed by atoms with van der Waals surface area (Å²) in [5, 5.41) is 2.53. The first kappa shape index (κ1) is 31.2. The summed E-state index contributed by atoms with van der Waals surface area (Å²) < 4.78 is 9.76. The minimum Gasteiger partial charge on any atom is -0.463 e. The van der Waals surface area contributed by atoms with Gasteiger partial charge in [0.1, 0.15) is 0 Å². The highest BCUT2D eigenvalue weighted by Gasteiger charge is 2.35. The van der Waals surface area contributed by atoms with Crippen molar-refractivity contribution in [2.75, 3.05) is 6.61 Å². The van der Waals surface area contributed by atoms with Gasteiger partial charge in [0.15, 0.2) is 4.80 Å². The molecule has 0 saturated carbocycles. The first-order chi connectivity index (χ1) is 22.8. The number of halogens is 3. The van der Waals surface area contributed by atoms with E-state index in [0.717, 1.165) is 27.6 Å². The van der Waals surface area contributed by atoms with E-state index in [1.165, 1.54) is 11.3 Å². The van der Waals surface area contributed by atoms with Gasteiger partial charge in [-0.2, -0.15) is 0 Å². The van der Waals surface area contributed by atoms with Crippen molar-refractivity contribution in [3.63, 3.8) is 0 Å². The largest absolute Gasteiger partial charge is 0.463 e. The second-order valence-corrected chi connectivity index (χ2v) is 13.2. The third-order valence-corrected chi connectivity index (χ3v) is 9.98. The molecule has 0 fully saturated rings. The van der Waals surface area contributed by atoms with Crippen molar-refractivity contribution in [1.29, 1.82) is 0 Å². The van der Waals surface area contributed by atoms with Gasteiger partial charge < -0.3 is 9.30 Å². The molecule has 1 aliphatic rings. The molecule has 0 aliphatic carbocycles. The number of hydrogen-bond acceptors (Lipinski definition) is 5. The molecule has 0 spiro atoms. The molecule has 10 heteroatoms. The number of ether oxygens (including phenoxy) is 1. The van der Waals surface area contributed by atoms with E-state index in [4.69, 9.17) is 44.5 Å². The summed E-state index contributed by atoms with van der Waals surface area (Å²) in [5.41, 5.74) is 4.84. The summed E-state index contributed by atoms with van der Waals surface area (Å²) in [6.07, 6.45) is 3.92. The highest BCUT2D eigenvalue weighted by atomic mass is 35.5. The molecule has 47 heavy (non-hydrogen) atoms. The van der Waals surface area contributed by atoms with E-state index in [9.17, 15) is 9.59 Å². The average molecular weight is 699 g/mol. The lowest BCUT2D eigenvalue weighted by Crippen LogP contribution is -2.40. The highest BCUT2D eigenvalue weighted by Crippen LogP contribution is 2.35.